The highest BCUT2D eigenvalue weighted by molar-refractivity contribution is 5.33. The SMILES string of the molecule is O=c1c2c([nH]c3c1CCCC3)CCCC2. The molecule has 1 aromatic heterocycles. The molecule has 15 heavy (non-hydrogen) atoms. The van der Waals surface area contributed by atoms with Crippen LogP contribution in [0.1, 0.15) is 48.2 Å². The zero-order chi connectivity index (χ0) is 10.3. The number of aryl methyl sites for hydroxylation is 2. The van der Waals surface area contributed by atoms with E-state index >= 15 is 0 Å². The fourth-order valence-electron chi connectivity index (χ4n) is 2.95. The number of H-pyrrole nitrogens is 1. The molecule has 0 aromatic carbocycles. The first-order valence-electron chi connectivity index (χ1n) is 6.12. The van der Waals surface area contributed by atoms with E-state index in [2.05, 4.69) is 4.98 Å². The van der Waals surface area contributed by atoms with E-state index in [1.54, 1.807) is 0 Å². The van der Waals surface area contributed by atoms with E-state index in [0.717, 1.165) is 36.8 Å². The number of aromatic nitrogens is 1. The van der Waals surface area contributed by atoms with E-state index < -0.39 is 0 Å². The van der Waals surface area contributed by atoms with Crippen molar-refractivity contribution in [2.75, 3.05) is 0 Å². The van der Waals surface area contributed by atoms with Crippen LogP contribution >= 0.6 is 0 Å². The summed E-state index contributed by atoms with van der Waals surface area (Å²) in [5.74, 6) is 0. The Labute approximate surface area is 89.7 Å². The van der Waals surface area contributed by atoms with Gasteiger partial charge < -0.3 is 4.98 Å². The van der Waals surface area contributed by atoms with Crippen molar-refractivity contribution in [2.45, 2.75) is 51.4 Å². The Morgan fingerprint density at radius 3 is 1.73 bits per heavy atom. The summed E-state index contributed by atoms with van der Waals surface area (Å²) in [5, 5.41) is 0. The maximum atomic E-state index is 12.2. The third-order valence-corrected chi connectivity index (χ3v) is 3.79. The van der Waals surface area contributed by atoms with Crippen LogP contribution in [0, 0.1) is 0 Å². The van der Waals surface area contributed by atoms with Gasteiger partial charge >= 0.3 is 0 Å². The summed E-state index contributed by atoms with van der Waals surface area (Å²) >= 11 is 0. The highest BCUT2D eigenvalue weighted by Gasteiger charge is 2.20. The molecule has 2 aliphatic carbocycles. The lowest BCUT2D eigenvalue weighted by molar-refractivity contribution is 0.620. The van der Waals surface area contributed by atoms with Gasteiger partial charge in [-0.05, 0) is 51.4 Å². The number of hydrogen-bond acceptors (Lipinski definition) is 1. The van der Waals surface area contributed by atoms with Crippen LogP contribution in [0.3, 0.4) is 0 Å². The van der Waals surface area contributed by atoms with Gasteiger partial charge in [0.15, 0.2) is 5.43 Å². The Morgan fingerprint density at radius 2 is 1.20 bits per heavy atom. The maximum absolute atomic E-state index is 12.2. The number of aromatic amines is 1. The monoisotopic (exact) mass is 203 g/mol. The number of rotatable bonds is 0. The minimum Gasteiger partial charge on any atom is -0.362 e. The molecule has 1 heterocycles. The lowest BCUT2D eigenvalue weighted by Gasteiger charge is -2.21. The molecular formula is C13H17NO. The Hall–Kier alpha value is -1.05. The molecule has 0 saturated heterocycles. The molecule has 1 aromatic rings. The largest absolute Gasteiger partial charge is 0.362 e. The summed E-state index contributed by atoms with van der Waals surface area (Å²) in [4.78, 5) is 15.8. The van der Waals surface area contributed by atoms with E-state index in [0.29, 0.717) is 5.43 Å². The number of fused-ring (bicyclic) bond motifs is 2. The lowest BCUT2D eigenvalue weighted by Crippen LogP contribution is -2.26. The third kappa shape index (κ3) is 1.43. The highest BCUT2D eigenvalue weighted by Crippen LogP contribution is 2.22. The number of hydrogen-bond donors (Lipinski definition) is 1. The summed E-state index contributed by atoms with van der Waals surface area (Å²) < 4.78 is 0. The summed E-state index contributed by atoms with van der Waals surface area (Å²) in [5.41, 5.74) is 5.06. The molecule has 0 fully saturated rings. The fraction of sp³-hybridized carbons (Fsp3) is 0.615. The average molecular weight is 203 g/mol. The standard InChI is InChI=1S/C13H17NO/c15-13-9-5-1-3-7-11(9)14-12-8-4-2-6-10(12)13/h1-8H2,(H,14,15). The zero-order valence-electron chi connectivity index (χ0n) is 9.07. The van der Waals surface area contributed by atoms with Gasteiger partial charge in [-0.3, -0.25) is 4.79 Å². The molecule has 0 bridgehead atoms. The Bertz CT molecular complexity index is 407. The van der Waals surface area contributed by atoms with Crippen LogP contribution in [0.15, 0.2) is 4.79 Å². The number of nitrogens with one attached hydrogen (secondary N) is 1. The average Bonchev–Trinajstić information content (AvgIpc) is 2.30. The van der Waals surface area contributed by atoms with Gasteiger partial charge in [0.1, 0.15) is 0 Å². The molecule has 0 unspecified atom stereocenters. The molecule has 0 saturated carbocycles. The smallest absolute Gasteiger partial charge is 0.188 e. The van der Waals surface area contributed by atoms with E-state index in [4.69, 9.17) is 0 Å². The van der Waals surface area contributed by atoms with Crippen LogP contribution in [0.4, 0.5) is 0 Å². The number of pyridine rings is 1. The van der Waals surface area contributed by atoms with Gasteiger partial charge in [0, 0.05) is 22.5 Å². The second-order valence-corrected chi connectivity index (χ2v) is 4.78. The molecule has 0 atom stereocenters. The Balaban J connectivity index is 2.20. The Morgan fingerprint density at radius 1 is 0.733 bits per heavy atom. The maximum Gasteiger partial charge on any atom is 0.188 e. The van der Waals surface area contributed by atoms with Crippen LogP contribution in [0.5, 0.6) is 0 Å². The lowest BCUT2D eigenvalue weighted by atomic mass is 9.89. The summed E-state index contributed by atoms with van der Waals surface area (Å²) in [7, 11) is 0. The normalized spacial score (nSPS) is 19.5. The van der Waals surface area contributed by atoms with Crippen LogP contribution in [-0.2, 0) is 25.7 Å². The molecule has 0 aliphatic heterocycles. The van der Waals surface area contributed by atoms with Crippen molar-refractivity contribution in [3.05, 3.63) is 32.7 Å². The molecule has 0 spiro atoms. The first kappa shape index (κ1) is 9.20. The quantitative estimate of drug-likeness (QED) is 0.688. The van der Waals surface area contributed by atoms with Crippen molar-refractivity contribution >= 4 is 0 Å². The van der Waals surface area contributed by atoms with Crippen molar-refractivity contribution in [1.82, 2.24) is 4.98 Å². The van der Waals surface area contributed by atoms with Gasteiger partial charge in [-0.15, -0.1) is 0 Å². The van der Waals surface area contributed by atoms with Gasteiger partial charge in [0.05, 0.1) is 0 Å². The summed E-state index contributed by atoms with van der Waals surface area (Å²) in [6.07, 6.45) is 9.01. The molecule has 1 N–H and O–H groups in total. The van der Waals surface area contributed by atoms with Crippen molar-refractivity contribution in [3.8, 4) is 0 Å². The van der Waals surface area contributed by atoms with Gasteiger partial charge in [0.2, 0.25) is 0 Å². The second-order valence-electron chi connectivity index (χ2n) is 4.78. The highest BCUT2D eigenvalue weighted by atomic mass is 16.1. The van der Waals surface area contributed by atoms with Gasteiger partial charge in [0.25, 0.3) is 0 Å². The van der Waals surface area contributed by atoms with E-state index in [1.807, 2.05) is 0 Å². The summed E-state index contributed by atoms with van der Waals surface area (Å²) in [6, 6.07) is 0. The second kappa shape index (κ2) is 3.51. The molecule has 0 amide bonds. The van der Waals surface area contributed by atoms with Crippen molar-refractivity contribution in [3.63, 3.8) is 0 Å². The molecule has 0 radical (unpaired) electrons. The molecule has 2 heteroatoms. The van der Waals surface area contributed by atoms with Crippen LogP contribution in [-0.4, -0.2) is 4.98 Å². The summed E-state index contributed by atoms with van der Waals surface area (Å²) in [6.45, 7) is 0. The van der Waals surface area contributed by atoms with Crippen LogP contribution < -0.4 is 5.43 Å². The third-order valence-electron chi connectivity index (χ3n) is 3.79. The molecule has 3 rings (SSSR count). The van der Waals surface area contributed by atoms with E-state index in [9.17, 15) is 4.79 Å². The van der Waals surface area contributed by atoms with Crippen molar-refractivity contribution < 1.29 is 0 Å². The minimum absolute atomic E-state index is 0.373. The zero-order valence-corrected chi connectivity index (χ0v) is 9.07. The first-order chi connectivity index (χ1) is 7.36. The van der Waals surface area contributed by atoms with E-state index in [-0.39, 0.29) is 0 Å². The minimum atomic E-state index is 0.373. The molecule has 2 nitrogen and oxygen atoms in total. The van der Waals surface area contributed by atoms with Crippen LogP contribution in [0.2, 0.25) is 0 Å². The topological polar surface area (TPSA) is 32.9 Å². The fourth-order valence-corrected chi connectivity index (χ4v) is 2.95. The van der Waals surface area contributed by atoms with Gasteiger partial charge in [-0.1, -0.05) is 0 Å². The predicted molar refractivity (Wildman–Crippen MR) is 60.3 cm³/mol. The van der Waals surface area contributed by atoms with Crippen LogP contribution in [0.25, 0.3) is 0 Å². The molecular weight excluding hydrogens is 186 g/mol. The first-order valence-corrected chi connectivity index (χ1v) is 6.12. The van der Waals surface area contributed by atoms with Crippen molar-refractivity contribution in [2.24, 2.45) is 0 Å². The molecule has 2 aliphatic rings. The van der Waals surface area contributed by atoms with Crippen molar-refractivity contribution in [1.29, 1.82) is 0 Å². The van der Waals surface area contributed by atoms with Gasteiger partial charge in [-0.2, -0.15) is 0 Å². The predicted octanol–water partition coefficient (Wildman–Crippen LogP) is 2.13. The van der Waals surface area contributed by atoms with E-state index in [1.165, 1.54) is 37.1 Å². The molecule has 80 valence electrons. The van der Waals surface area contributed by atoms with Gasteiger partial charge in [-0.25, -0.2) is 0 Å². The Kier molecular flexibility index (Phi) is 2.15.